The van der Waals surface area contributed by atoms with E-state index in [1.807, 2.05) is 37.2 Å². The second-order valence-electron chi connectivity index (χ2n) is 8.26. The van der Waals surface area contributed by atoms with E-state index in [-0.39, 0.29) is 14.0 Å². The fourth-order valence-corrected chi connectivity index (χ4v) is 4.29. The summed E-state index contributed by atoms with van der Waals surface area (Å²) in [5, 5.41) is 5.63. The molecule has 0 amide bonds. The summed E-state index contributed by atoms with van der Waals surface area (Å²) < 4.78 is 30.8. The highest BCUT2D eigenvalue weighted by molar-refractivity contribution is 5.87. The fraction of sp³-hybridized carbons (Fsp3) is 0.478. The summed E-state index contributed by atoms with van der Waals surface area (Å²) >= 11 is 0. The molecule has 0 atom stereocenters. The monoisotopic (exact) mass is 416 g/mol. The zero-order chi connectivity index (χ0) is 21.1. The first-order valence-electron chi connectivity index (χ1n) is 10.5. The molecule has 2 heterocycles. The molecular weight excluding hydrogens is 386 g/mol. The van der Waals surface area contributed by atoms with Gasteiger partial charge >= 0.3 is 0 Å². The van der Waals surface area contributed by atoms with Crippen molar-refractivity contribution in [3.05, 3.63) is 42.5 Å². The first-order valence-corrected chi connectivity index (χ1v) is 10.5. The number of benzene rings is 1. The van der Waals surface area contributed by atoms with E-state index in [1.54, 1.807) is 6.20 Å². The molecule has 5 nitrogen and oxygen atoms in total. The number of aromatic nitrogens is 2. The maximum Gasteiger partial charge on any atom is 0.251 e. The van der Waals surface area contributed by atoms with E-state index in [0.717, 1.165) is 60.1 Å². The molecule has 1 aromatic carbocycles. The van der Waals surface area contributed by atoms with Gasteiger partial charge in [0.25, 0.3) is 6.43 Å². The number of oxazole rings is 1. The molecule has 0 unspecified atom stereocenters. The van der Waals surface area contributed by atoms with Crippen molar-refractivity contribution < 1.29 is 14.6 Å². The lowest BCUT2D eigenvalue weighted by Crippen LogP contribution is -2.38. The van der Waals surface area contributed by atoms with Crippen LogP contribution in [0.1, 0.15) is 33.0 Å². The lowest BCUT2D eigenvalue weighted by molar-refractivity contribution is 0.0660. The largest absolute Gasteiger partial charge is 0.441 e. The molecule has 0 radical (unpaired) electrons. The molecule has 1 fully saturated rings. The van der Waals surface area contributed by atoms with Crippen LogP contribution in [0.2, 0.25) is 0 Å². The number of hydrogen-bond acceptors (Lipinski definition) is 5. The summed E-state index contributed by atoms with van der Waals surface area (Å²) in [4.78, 5) is 10.5. The number of halogens is 2. The summed E-state index contributed by atoms with van der Waals surface area (Å²) in [6, 6.07) is 8.47. The average molecular weight is 417 g/mol. The summed E-state index contributed by atoms with van der Waals surface area (Å²) in [5.74, 6) is 2.80. The molecule has 1 N–H and O–H groups in total. The number of nitrogens with zero attached hydrogens (tertiary/aromatic N) is 3. The van der Waals surface area contributed by atoms with Crippen LogP contribution in [0.15, 0.2) is 41.1 Å². The molecule has 1 aliphatic rings. The van der Waals surface area contributed by atoms with Gasteiger partial charge < -0.3 is 9.73 Å². The third-order valence-electron chi connectivity index (χ3n) is 6.06. The van der Waals surface area contributed by atoms with Gasteiger partial charge in [0.2, 0.25) is 0 Å². The predicted octanol–water partition coefficient (Wildman–Crippen LogP) is 5.61. The Morgan fingerprint density at radius 1 is 1.13 bits per heavy atom. The molecule has 2 aromatic heterocycles. The van der Waals surface area contributed by atoms with Gasteiger partial charge in [-0.15, -0.1) is 0 Å². The van der Waals surface area contributed by atoms with Gasteiger partial charge in [-0.05, 0) is 56.2 Å². The first kappa shape index (κ1) is 20.7. The van der Waals surface area contributed by atoms with Crippen LogP contribution >= 0.6 is 0 Å². The van der Waals surface area contributed by atoms with Crippen LogP contribution in [0.3, 0.4) is 0 Å². The van der Waals surface area contributed by atoms with Crippen LogP contribution in [-0.2, 0) is 0 Å². The molecule has 4 rings (SSSR count). The Hall–Kier alpha value is -2.54. The van der Waals surface area contributed by atoms with E-state index in [0.29, 0.717) is 11.8 Å². The van der Waals surface area contributed by atoms with Crippen LogP contribution < -0.4 is 5.32 Å². The van der Waals surface area contributed by atoms with Gasteiger partial charge in [0.1, 0.15) is 5.82 Å². The third kappa shape index (κ3) is 4.95. The Kier molecular flexibility index (Phi) is 6.27. The number of anilines is 1. The molecule has 3 aromatic rings. The normalized spacial score (nSPS) is 19.7. The minimum Gasteiger partial charge on any atom is -0.441 e. The zero-order valence-electron chi connectivity index (χ0n) is 17.4. The second kappa shape index (κ2) is 9.08. The van der Waals surface area contributed by atoms with Gasteiger partial charge in [-0.25, -0.2) is 18.7 Å². The van der Waals surface area contributed by atoms with Crippen molar-refractivity contribution in [2.45, 2.75) is 45.1 Å². The minimum atomic E-state index is -2.26. The number of fused-ring (bicyclic) bond motifs is 1. The van der Waals surface area contributed by atoms with Gasteiger partial charge in [-0.1, -0.05) is 12.1 Å². The minimum absolute atomic E-state index is 0. The van der Waals surface area contributed by atoms with Gasteiger partial charge in [-0.2, -0.15) is 0 Å². The van der Waals surface area contributed by atoms with Gasteiger partial charge in [0, 0.05) is 38.1 Å². The summed E-state index contributed by atoms with van der Waals surface area (Å²) in [6.45, 7) is 2.55. The van der Waals surface area contributed by atoms with Crippen molar-refractivity contribution in [3.8, 4) is 11.3 Å². The molecule has 30 heavy (non-hydrogen) atoms. The molecule has 0 spiro atoms. The quantitative estimate of drug-likeness (QED) is 0.542. The SMILES string of the molecule is Cc1ncc(-c2ccc3cnc(NCC4CCC(N(C)CC(F)F)CC4)cc3c2)o1.[HH]. The lowest BCUT2D eigenvalue weighted by atomic mass is 9.85. The molecule has 162 valence electrons. The molecule has 1 saturated carbocycles. The van der Waals surface area contributed by atoms with E-state index in [4.69, 9.17) is 4.42 Å². The van der Waals surface area contributed by atoms with Crippen molar-refractivity contribution in [1.29, 1.82) is 0 Å². The van der Waals surface area contributed by atoms with Crippen molar-refractivity contribution in [2.75, 3.05) is 25.5 Å². The van der Waals surface area contributed by atoms with E-state index in [2.05, 4.69) is 27.4 Å². The lowest BCUT2D eigenvalue weighted by Gasteiger charge is -2.34. The Balaban J connectivity index is 0.00000272. The van der Waals surface area contributed by atoms with Gasteiger partial charge in [-0.3, -0.25) is 4.90 Å². The van der Waals surface area contributed by atoms with E-state index >= 15 is 0 Å². The molecule has 7 heteroatoms. The van der Waals surface area contributed by atoms with Gasteiger partial charge in [0.15, 0.2) is 11.7 Å². The standard InChI is InChI=1S/C23H28F2N4O.H2/c1-15-26-13-21(30-15)17-5-6-18-12-28-23(10-19(18)9-17)27-11-16-3-7-20(8-4-16)29(2)14-22(24)25;/h5-6,9-10,12-13,16,20,22H,3-4,7-8,11,14H2,1-2H3,(H,27,28);1H. The molecule has 0 aliphatic heterocycles. The summed E-state index contributed by atoms with van der Waals surface area (Å²) in [7, 11) is 1.81. The van der Waals surface area contributed by atoms with E-state index in [1.165, 1.54) is 0 Å². The molecule has 0 bridgehead atoms. The Bertz CT molecular complexity index is 989. The zero-order valence-corrected chi connectivity index (χ0v) is 17.4. The van der Waals surface area contributed by atoms with Crippen molar-refractivity contribution in [1.82, 2.24) is 14.9 Å². The van der Waals surface area contributed by atoms with Crippen LogP contribution in [0.5, 0.6) is 0 Å². The summed E-state index contributed by atoms with van der Waals surface area (Å²) in [6.07, 6.45) is 5.40. The van der Waals surface area contributed by atoms with E-state index in [9.17, 15) is 8.78 Å². The number of aryl methyl sites for hydroxylation is 1. The third-order valence-corrected chi connectivity index (χ3v) is 6.06. The molecule has 0 saturated heterocycles. The Morgan fingerprint density at radius 2 is 1.93 bits per heavy atom. The van der Waals surface area contributed by atoms with Crippen molar-refractivity contribution in [3.63, 3.8) is 0 Å². The number of nitrogens with one attached hydrogen (secondary N) is 1. The second-order valence-corrected chi connectivity index (χ2v) is 8.26. The highest BCUT2D eigenvalue weighted by Gasteiger charge is 2.25. The molecular formula is C23H30F2N4O. The Morgan fingerprint density at radius 3 is 2.63 bits per heavy atom. The van der Waals surface area contributed by atoms with Gasteiger partial charge in [0.05, 0.1) is 12.7 Å². The Labute approximate surface area is 177 Å². The average Bonchev–Trinajstić information content (AvgIpc) is 3.18. The number of hydrogen-bond donors (Lipinski definition) is 1. The number of alkyl halides is 2. The fourth-order valence-electron chi connectivity index (χ4n) is 4.29. The highest BCUT2D eigenvalue weighted by atomic mass is 19.3. The smallest absolute Gasteiger partial charge is 0.251 e. The maximum atomic E-state index is 12.6. The van der Waals surface area contributed by atoms with Crippen molar-refractivity contribution >= 4 is 16.6 Å². The predicted molar refractivity (Wildman–Crippen MR) is 117 cm³/mol. The van der Waals surface area contributed by atoms with Crippen molar-refractivity contribution in [2.24, 2.45) is 5.92 Å². The van der Waals surface area contributed by atoms with Crippen LogP contribution in [0, 0.1) is 12.8 Å². The number of pyridine rings is 1. The summed E-state index contributed by atoms with van der Waals surface area (Å²) in [5.41, 5.74) is 0.992. The van der Waals surface area contributed by atoms with E-state index < -0.39 is 6.43 Å². The molecule has 1 aliphatic carbocycles. The van der Waals surface area contributed by atoms with Crippen LogP contribution in [0.4, 0.5) is 14.6 Å². The topological polar surface area (TPSA) is 54.2 Å². The maximum absolute atomic E-state index is 12.6. The first-order chi connectivity index (χ1) is 14.5. The van der Waals surface area contributed by atoms with Crippen LogP contribution in [-0.4, -0.2) is 47.5 Å². The number of rotatable bonds is 7. The van der Waals surface area contributed by atoms with Crippen LogP contribution in [0.25, 0.3) is 22.1 Å². The highest BCUT2D eigenvalue weighted by Crippen LogP contribution is 2.29.